The van der Waals surface area contributed by atoms with Crippen molar-refractivity contribution >= 4 is 50.4 Å². The van der Waals surface area contributed by atoms with Gasteiger partial charge >= 0.3 is 0 Å². The van der Waals surface area contributed by atoms with Crippen molar-refractivity contribution in [3.8, 4) is 0 Å². The van der Waals surface area contributed by atoms with E-state index in [1.165, 1.54) is 0 Å². The van der Waals surface area contributed by atoms with Gasteiger partial charge in [0.2, 0.25) is 0 Å². The van der Waals surface area contributed by atoms with Crippen LogP contribution in [0.1, 0.15) is 20.8 Å². The van der Waals surface area contributed by atoms with Crippen molar-refractivity contribution in [2.45, 2.75) is 24.0 Å². The molecule has 74 valence electrons. The Kier molecular flexibility index (Phi) is 9.56. The fourth-order valence-corrected chi connectivity index (χ4v) is 2.95. The molecule has 13 heavy (non-hydrogen) atoms. The molecule has 0 N–H and O–H groups in total. The van der Waals surface area contributed by atoms with Crippen molar-refractivity contribution in [2.75, 3.05) is 0 Å². The smallest absolute Gasteiger partial charge is 0.106 e. The highest BCUT2D eigenvalue weighted by atomic mass is 127. The Morgan fingerprint density at radius 2 is 2.15 bits per heavy atom. The predicted molar refractivity (Wildman–Crippen MR) is 75.7 cm³/mol. The first-order chi connectivity index (χ1) is 6.20. The molecule has 0 saturated carbocycles. The number of rotatable bonds is 5. The Hall–Kier alpha value is 0.580. The minimum atomic E-state index is 0.601. The molecule has 0 aliphatic rings. The third-order valence-electron chi connectivity index (χ3n) is 0.954. The van der Waals surface area contributed by atoms with E-state index < -0.39 is 0 Å². The zero-order valence-electron chi connectivity index (χ0n) is 8.03. The molecule has 0 spiro atoms. The maximum atomic E-state index is 4.26. The molecule has 0 heterocycles. The van der Waals surface area contributed by atoms with Crippen LogP contribution in [0.15, 0.2) is 28.2 Å². The van der Waals surface area contributed by atoms with E-state index in [1.807, 2.05) is 49.1 Å². The van der Waals surface area contributed by atoms with Gasteiger partial charge in [0.1, 0.15) is 5.03 Å². The van der Waals surface area contributed by atoms with E-state index in [-0.39, 0.29) is 0 Å². The topological polar surface area (TPSA) is 12.4 Å². The molecule has 0 bridgehead atoms. The summed E-state index contributed by atoms with van der Waals surface area (Å²) in [6.45, 7) is 6.10. The van der Waals surface area contributed by atoms with Gasteiger partial charge < -0.3 is 0 Å². The van der Waals surface area contributed by atoms with Gasteiger partial charge in [-0.25, -0.2) is 0 Å². The van der Waals surface area contributed by atoms with E-state index in [0.717, 1.165) is 5.03 Å². The Morgan fingerprint density at radius 1 is 1.46 bits per heavy atom. The predicted octanol–water partition coefficient (Wildman–Crippen LogP) is 4.66. The van der Waals surface area contributed by atoms with Crippen LogP contribution in [-0.2, 0) is 0 Å². The van der Waals surface area contributed by atoms with Crippen molar-refractivity contribution in [3.63, 3.8) is 0 Å². The number of allylic oxidation sites excluding steroid dienone is 3. The van der Waals surface area contributed by atoms with Crippen LogP contribution in [0.3, 0.4) is 0 Å². The maximum Gasteiger partial charge on any atom is 0.106 e. The summed E-state index contributed by atoms with van der Waals surface area (Å²) >= 11 is 2.39. The van der Waals surface area contributed by atoms with Crippen LogP contribution in [0.25, 0.3) is 0 Å². The number of alkyl halides is 1. The molecule has 0 amide bonds. The van der Waals surface area contributed by atoms with E-state index in [2.05, 4.69) is 34.5 Å². The van der Waals surface area contributed by atoms with Crippen LogP contribution in [0, 0.1) is 0 Å². The zero-order valence-corrected chi connectivity index (χ0v) is 11.8. The average molecular weight is 327 g/mol. The monoisotopic (exact) mass is 327 g/mol. The van der Waals surface area contributed by atoms with E-state index in [1.54, 1.807) is 10.8 Å². The Balaban J connectivity index is 4.09. The second kappa shape index (κ2) is 9.15. The third-order valence-corrected chi connectivity index (χ3v) is 5.19. The average Bonchev–Trinajstić information content (AvgIpc) is 2.09. The summed E-state index contributed by atoms with van der Waals surface area (Å²) in [4.78, 5) is 4.26. The van der Waals surface area contributed by atoms with E-state index in [4.69, 9.17) is 0 Å². The fourth-order valence-electron chi connectivity index (χ4n) is 0.514. The highest BCUT2D eigenvalue weighted by Crippen LogP contribution is 2.36. The van der Waals surface area contributed by atoms with Gasteiger partial charge in [-0.2, -0.15) is 0 Å². The molecule has 0 aromatic heterocycles. The molecule has 0 fully saturated rings. The quantitative estimate of drug-likeness (QED) is 0.239. The van der Waals surface area contributed by atoms with Crippen molar-refractivity contribution in [1.82, 2.24) is 0 Å². The van der Waals surface area contributed by atoms with Gasteiger partial charge in [-0.3, -0.25) is 4.99 Å². The van der Waals surface area contributed by atoms with Crippen LogP contribution >= 0.6 is 44.2 Å². The first-order valence-electron chi connectivity index (χ1n) is 3.99. The van der Waals surface area contributed by atoms with Gasteiger partial charge in [-0.1, -0.05) is 45.5 Å². The minimum absolute atomic E-state index is 0.601. The van der Waals surface area contributed by atoms with Crippen LogP contribution in [-0.4, -0.2) is 9.47 Å². The van der Waals surface area contributed by atoms with Crippen LogP contribution in [0.5, 0.6) is 0 Å². The van der Waals surface area contributed by atoms with E-state index in [0.29, 0.717) is 3.26 Å². The molecule has 0 rings (SSSR count). The number of halogens is 1. The molecule has 0 aromatic carbocycles. The summed E-state index contributed by atoms with van der Waals surface area (Å²) in [5.74, 6) is 0. The van der Waals surface area contributed by atoms with Crippen molar-refractivity contribution in [2.24, 2.45) is 4.99 Å². The SMILES string of the molecule is CC=N/C(=C\C=C/C)SSC(C)I. The van der Waals surface area contributed by atoms with Crippen molar-refractivity contribution in [1.29, 1.82) is 0 Å². The van der Waals surface area contributed by atoms with Gasteiger partial charge in [0, 0.05) is 6.21 Å². The Bertz CT molecular complexity index is 210. The molecular weight excluding hydrogens is 313 g/mol. The molecule has 0 aromatic rings. The third kappa shape index (κ3) is 8.90. The number of aliphatic imine (C=N–C) groups is 1. The molecule has 0 aliphatic carbocycles. The summed E-state index contributed by atoms with van der Waals surface area (Å²) in [6.07, 6.45) is 7.86. The van der Waals surface area contributed by atoms with Crippen molar-refractivity contribution < 1.29 is 0 Å². The number of hydrogen-bond acceptors (Lipinski definition) is 3. The van der Waals surface area contributed by atoms with Gasteiger partial charge in [0.15, 0.2) is 0 Å². The lowest BCUT2D eigenvalue weighted by Crippen LogP contribution is -1.75. The van der Waals surface area contributed by atoms with Crippen molar-refractivity contribution in [3.05, 3.63) is 23.3 Å². The Morgan fingerprint density at radius 3 is 2.62 bits per heavy atom. The van der Waals surface area contributed by atoms with E-state index in [9.17, 15) is 0 Å². The van der Waals surface area contributed by atoms with E-state index >= 15 is 0 Å². The Labute approximate surface area is 102 Å². The molecule has 0 saturated heterocycles. The largest absolute Gasteiger partial charge is 0.254 e. The lowest BCUT2D eigenvalue weighted by molar-refractivity contribution is 1.49. The van der Waals surface area contributed by atoms with Gasteiger partial charge in [0.25, 0.3) is 0 Å². The lowest BCUT2D eigenvalue weighted by Gasteiger charge is -2.01. The van der Waals surface area contributed by atoms with Gasteiger partial charge in [0.05, 0.1) is 3.26 Å². The van der Waals surface area contributed by atoms with Crippen LogP contribution < -0.4 is 0 Å². The first-order valence-corrected chi connectivity index (χ1v) is 7.45. The maximum absolute atomic E-state index is 4.26. The second-order valence-electron chi connectivity index (χ2n) is 2.14. The fraction of sp³-hybridized carbons (Fsp3) is 0.444. The molecule has 1 atom stereocenters. The molecule has 1 unspecified atom stereocenters. The summed E-state index contributed by atoms with van der Waals surface area (Å²) in [5.41, 5.74) is 0. The second-order valence-corrected chi connectivity index (χ2v) is 7.42. The lowest BCUT2D eigenvalue weighted by atomic mass is 10.5. The van der Waals surface area contributed by atoms with Crippen LogP contribution in [0.4, 0.5) is 0 Å². The normalized spacial score (nSPS) is 15.8. The number of hydrogen-bond donors (Lipinski definition) is 0. The highest BCUT2D eigenvalue weighted by molar-refractivity contribution is 14.1. The molecular formula is C9H14INS2. The summed E-state index contributed by atoms with van der Waals surface area (Å²) in [6, 6.07) is 0. The molecule has 1 nitrogen and oxygen atoms in total. The molecule has 4 heteroatoms. The first kappa shape index (κ1) is 13.6. The summed E-state index contributed by atoms with van der Waals surface area (Å²) in [5, 5.41) is 1.05. The minimum Gasteiger partial charge on any atom is -0.254 e. The van der Waals surface area contributed by atoms with Gasteiger partial charge in [-0.05, 0) is 37.6 Å². The summed E-state index contributed by atoms with van der Waals surface area (Å²) in [7, 11) is 3.53. The standard InChI is InChI=1S/C9H14INS2/c1-4-6-7-9(11-5-2)13-12-8(3)10/h4-8H,1-3H3/b6-4-,9-7+,11-5?. The van der Waals surface area contributed by atoms with Crippen LogP contribution in [0.2, 0.25) is 0 Å². The number of nitrogens with zero attached hydrogens (tertiary/aromatic N) is 1. The molecule has 0 radical (unpaired) electrons. The van der Waals surface area contributed by atoms with Gasteiger partial charge in [-0.15, -0.1) is 0 Å². The molecule has 0 aliphatic heterocycles. The zero-order chi connectivity index (χ0) is 10.1. The summed E-state index contributed by atoms with van der Waals surface area (Å²) < 4.78 is 0.601. The highest BCUT2D eigenvalue weighted by Gasteiger charge is 1.99.